The number of nitro groups is 1. The minimum absolute atomic E-state index is 0.0729. The van der Waals surface area contributed by atoms with Crippen LogP contribution in [-0.2, 0) is 0 Å². The summed E-state index contributed by atoms with van der Waals surface area (Å²) in [5, 5.41) is 23.3. The van der Waals surface area contributed by atoms with Crippen LogP contribution in [0, 0.1) is 34.3 Å². The lowest BCUT2D eigenvalue weighted by Gasteiger charge is -2.33. The predicted molar refractivity (Wildman–Crippen MR) is 55.6 cm³/mol. The van der Waals surface area contributed by atoms with Crippen molar-refractivity contribution >= 4 is 5.69 Å². The van der Waals surface area contributed by atoms with Gasteiger partial charge in [-0.1, -0.05) is 0 Å². The van der Waals surface area contributed by atoms with Crippen molar-refractivity contribution in [2.45, 2.75) is 32.2 Å². The van der Waals surface area contributed by atoms with Crippen LogP contribution in [0.15, 0.2) is 6.20 Å². The van der Waals surface area contributed by atoms with E-state index in [1.807, 2.05) is 0 Å². The maximum Gasteiger partial charge on any atom is 0.309 e. The van der Waals surface area contributed by atoms with Crippen LogP contribution in [0.5, 0.6) is 0 Å². The second-order valence-corrected chi connectivity index (χ2v) is 4.19. The van der Waals surface area contributed by atoms with E-state index in [0.717, 1.165) is 12.8 Å². The molecule has 6 nitrogen and oxygen atoms in total. The van der Waals surface area contributed by atoms with Gasteiger partial charge in [0.1, 0.15) is 11.9 Å². The lowest BCUT2D eigenvalue weighted by atomic mass is 9.79. The number of nitrogens with zero attached hydrogens (tertiary/aromatic N) is 4. The second-order valence-electron chi connectivity index (χ2n) is 4.19. The topological polar surface area (TPSA) is 84.8 Å². The summed E-state index contributed by atoms with van der Waals surface area (Å²) in [6.45, 7) is 1.64. The van der Waals surface area contributed by atoms with E-state index in [2.05, 4.69) is 11.2 Å². The van der Waals surface area contributed by atoms with Gasteiger partial charge in [0.15, 0.2) is 0 Å². The van der Waals surface area contributed by atoms with Crippen LogP contribution in [0.3, 0.4) is 0 Å². The quantitative estimate of drug-likeness (QED) is 0.575. The summed E-state index contributed by atoms with van der Waals surface area (Å²) < 4.78 is 1.67. The third-order valence-electron chi connectivity index (χ3n) is 3.05. The van der Waals surface area contributed by atoms with Gasteiger partial charge in [0.2, 0.25) is 0 Å². The molecule has 1 aromatic heterocycles. The largest absolute Gasteiger partial charge is 0.309 e. The number of aryl methyl sites for hydroxylation is 1. The molecule has 1 aromatic rings. The fourth-order valence-corrected chi connectivity index (χ4v) is 2.05. The van der Waals surface area contributed by atoms with Crippen LogP contribution >= 0.6 is 0 Å². The molecule has 2 rings (SSSR count). The van der Waals surface area contributed by atoms with Gasteiger partial charge in [-0.3, -0.25) is 14.8 Å². The van der Waals surface area contributed by atoms with E-state index in [1.165, 1.54) is 6.20 Å². The zero-order valence-corrected chi connectivity index (χ0v) is 8.96. The van der Waals surface area contributed by atoms with Crippen LogP contribution in [0.25, 0.3) is 0 Å². The lowest BCUT2D eigenvalue weighted by molar-refractivity contribution is -0.385. The Morgan fingerprint density at radius 1 is 1.75 bits per heavy atom. The molecule has 0 radical (unpaired) electrons. The van der Waals surface area contributed by atoms with Gasteiger partial charge < -0.3 is 0 Å². The zero-order chi connectivity index (χ0) is 11.7. The molecule has 1 aliphatic carbocycles. The Kier molecular flexibility index (Phi) is 2.60. The molecule has 1 heterocycles. The van der Waals surface area contributed by atoms with E-state index in [-0.39, 0.29) is 11.7 Å². The Bertz CT molecular complexity index is 454. The van der Waals surface area contributed by atoms with Crippen molar-refractivity contribution in [2.24, 2.45) is 5.92 Å². The highest BCUT2D eigenvalue weighted by Crippen LogP contribution is 2.39. The van der Waals surface area contributed by atoms with Gasteiger partial charge in [0.25, 0.3) is 0 Å². The number of hydrogen-bond donors (Lipinski definition) is 0. The van der Waals surface area contributed by atoms with Gasteiger partial charge in [-0.2, -0.15) is 10.4 Å². The third-order valence-corrected chi connectivity index (χ3v) is 3.05. The van der Waals surface area contributed by atoms with Crippen molar-refractivity contribution in [1.82, 2.24) is 9.78 Å². The first kappa shape index (κ1) is 10.6. The average Bonchev–Trinajstić information content (AvgIpc) is 2.53. The molecule has 0 atom stereocenters. The van der Waals surface area contributed by atoms with E-state index >= 15 is 0 Å². The fraction of sp³-hybridized carbons (Fsp3) is 0.600. The summed E-state index contributed by atoms with van der Waals surface area (Å²) in [6.07, 6.45) is 3.85. The van der Waals surface area contributed by atoms with Crippen molar-refractivity contribution in [3.8, 4) is 6.07 Å². The number of rotatable bonds is 3. The highest BCUT2D eigenvalue weighted by Gasteiger charge is 2.32. The maximum atomic E-state index is 10.6. The molecular formula is C10H12N4O2. The molecule has 6 heteroatoms. The minimum Gasteiger partial charge on any atom is -0.262 e. The van der Waals surface area contributed by atoms with E-state index in [4.69, 9.17) is 5.26 Å². The molecule has 0 unspecified atom stereocenters. The minimum atomic E-state index is -0.412. The SMILES string of the molecule is Cc1nn([C@H]2C[C@H](CC#N)C2)cc1[N+](=O)[O-]. The first-order chi connectivity index (χ1) is 7.61. The zero-order valence-electron chi connectivity index (χ0n) is 8.96. The van der Waals surface area contributed by atoms with Gasteiger partial charge in [0, 0.05) is 6.42 Å². The molecule has 0 amide bonds. The molecular weight excluding hydrogens is 208 g/mol. The summed E-state index contributed by atoms with van der Waals surface area (Å²) in [5.41, 5.74) is 0.525. The van der Waals surface area contributed by atoms with Gasteiger partial charge in [-0.15, -0.1) is 0 Å². The standard InChI is InChI=1S/C10H12N4O2/c1-7-10(14(15)16)6-13(12-7)9-4-8(5-9)2-3-11/h6,8-9H,2,4-5H2,1H3/t8-,9-. The lowest BCUT2D eigenvalue weighted by Crippen LogP contribution is -2.26. The smallest absolute Gasteiger partial charge is 0.262 e. The highest BCUT2D eigenvalue weighted by atomic mass is 16.6. The first-order valence-electron chi connectivity index (χ1n) is 5.19. The number of hydrogen-bond acceptors (Lipinski definition) is 4. The molecule has 0 aliphatic heterocycles. The van der Waals surface area contributed by atoms with E-state index in [0.29, 0.717) is 18.0 Å². The third kappa shape index (κ3) is 1.76. The molecule has 0 bridgehead atoms. The Morgan fingerprint density at radius 3 is 2.94 bits per heavy atom. The van der Waals surface area contributed by atoms with E-state index < -0.39 is 4.92 Å². The molecule has 0 saturated heterocycles. The Balaban J connectivity index is 2.05. The van der Waals surface area contributed by atoms with Crippen molar-refractivity contribution in [3.63, 3.8) is 0 Å². The van der Waals surface area contributed by atoms with Crippen LogP contribution in [0.2, 0.25) is 0 Å². The summed E-state index contributed by atoms with van der Waals surface area (Å²) in [5.74, 6) is 0.429. The fourth-order valence-electron chi connectivity index (χ4n) is 2.05. The normalized spacial score (nSPS) is 23.5. The molecule has 1 fully saturated rings. The van der Waals surface area contributed by atoms with E-state index in [9.17, 15) is 10.1 Å². The molecule has 1 saturated carbocycles. The monoisotopic (exact) mass is 220 g/mol. The highest BCUT2D eigenvalue weighted by molar-refractivity contribution is 5.31. The summed E-state index contributed by atoms with van der Waals surface area (Å²) in [4.78, 5) is 10.2. The summed E-state index contributed by atoms with van der Waals surface area (Å²) in [7, 11) is 0. The first-order valence-corrected chi connectivity index (χ1v) is 5.19. The van der Waals surface area contributed by atoms with Crippen LogP contribution in [0.4, 0.5) is 5.69 Å². The summed E-state index contributed by atoms with van der Waals surface area (Å²) >= 11 is 0. The van der Waals surface area contributed by atoms with Gasteiger partial charge in [-0.05, 0) is 25.7 Å². The summed E-state index contributed by atoms with van der Waals surface area (Å²) in [6, 6.07) is 2.37. The predicted octanol–water partition coefficient (Wildman–Crippen LogP) is 1.96. The van der Waals surface area contributed by atoms with Crippen molar-refractivity contribution in [2.75, 3.05) is 0 Å². The molecule has 0 N–H and O–H groups in total. The van der Waals surface area contributed by atoms with Crippen LogP contribution in [-0.4, -0.2) is 14.7 Å². The second kappa shape index (κ2) is 3.93. The van der Waals surface area contributed by atoms with Crippen LogP contribution < -0.4 is 0 Å². The molecule has 16 heavy (non-hydrogen) atoms. The van der Waals surface area contributed by atoms with Crippen LogP contribution in [0.1, 0.15) is 31.0 Å². The van der Waals surface area contributed by atoms with Crippen molar-refractivity contribution in [1.29, 1.82) is 5.26 Å². The van der Waals surface area contributed by atoms with Gasteiger partial charge >= 0.3 is 5.69 Å². The van der Waals surface area contributed by atoms with Gasteiger partial charge in [-0.25, -0.2) is 0 Å². The molecule has 1 aliphatic rings. The number of nitriles is 1. The van der Waals surface area contributed by atoms with Crippen molar-refractivity contribution in [3.05, 3.63) is 22.0 Å². The molecule has 0 aromatic carbocycles. The Labute approximate surface area is 92.6 Å². The Morgan fingerprint density at radius 2 is 2.44 bits per heavy atom. The van der Waals surface area contributed by atoms with Crippen molar-refractivity contribution < 1.29 is 4.92 Å². The maximum absolute atomic E-state index is 10.6. The molecule has 0 spiro atoms. The van der Waals surface area contributed by atoms with E-state index in [1.54, 1.807) is 11.6 Å². The number of aromatic nitrogens is 2. The van der Waals surface area contributed by atoms with Gasteiger partial charge in [0.05, 0.1) is 17.0 Å². The molecule has 84 valence electrons. The Hall–Kier alpha value is -1.90. The average molecular weight is 220 g/mol.